The van der Waals surface area contributed by atoms with Crippen molar-refractivity contribution in [2.45, 2.75) is 24.5 Å². The molecule has 1 aliphatic heterocycles. The smallest absolute Gasteiger partial charge is 0.396 e. The quantitative estimate of drug-likeness (QED) is 0.719. The molecule has 5 nitrogen and oxygen atoms in total. The molecule has 1 unspecified atom stereocenters. The first-order valence-corrected chi connectivity index (χ1v) is 5.89. The standard InChI is InChI=1S/C9H12N2O3S/c1-13-9(12)8-11-10-7(14-8)6-4-2-3-5-15-6/h6H,2-5H2,1H3. The van der Waals surface area contributed by atoms with E-state index in [0.29, 0.717) is 5.89 Å². The Labute approximate surface area is 91.6 Å². The van der Waals surface area contributed by atoms with Gasteiger partial charge in [-0.2, -0.15) is 0 Å². The van der Waals surface area contributed by atoms with E-state index in [1.165, 1.54) is 20.0 Å². The van der Waals surface area contributed by atoms with Crippen LogP contribution >= 0.6 is 11.8 Å². The van der Waals surface area contributed by atoms with E-state index in [0.717, 1.165) is 12.2 Å². The fourth-order valence-corrected chi connectivity index (χ4v) is 2.70. The highest BCUT2D eigenvalue weighted by molar-refractivity contribution is 7.99. The highest BCUT2D eigenvalue weighted by atomic mass is 32.2. The van der Waals surface area contributed by atoms with Crippen molar-refractivity contribution >= 4 is 17.7 Å². The van der Waals surface area contributed by atoms with E-state index < -0.39 is 5.97 Å². The number of rotatable bonds is 2. The van der Waals surface area contributed by atoms with Gasteiger partial charge in [-0.1, -0.05) is 6.42 Å². The predicted molar refractivity (Wildman–Crippen MR) is 54.7 cm³/mol. The van der Waals surface area contributed by atoms with Crippen molar-refractivity contribution in [2.75, 3.05) is 12.9 Å². The molecule has 1 fully saturated rings. The third kappa shape index (κ3) is 2.31. The predicted octanol–water partition coefficient (Wildman–Crippen LogP) is 1.81. The molecule has 0 spiro atoms. The SMILES string of the molecule is COC(=O)c1nnc(C2CCCCS2)o1. The maximum Gasteiger partial charge on any atom is 0.396 e. The van der Waals surface area contributed by atoms with Crippen LogP contribution in [0.5, 0.6) is 0 Å². The Morgan fingerprint density at radius 3 is 3.07 bits per heavy atom. The van der Waals surface area contributed by atoms with E-state index in [4.69, 9.17) is 4.42 Å². The Morgan fingerprint density at radius 1 is 1.53 bits per heavy atom. The maximum atomic E-state index is 11.1. The number of hydrogen-bond donors (Lipinski definition) is 0. The molecule has 0 aromatic carbocycles. The summed E-state index contributed by atoms with van der Waals surface area (Å²) in [6, 6.07) is 0. The van der Waals surface area contributed by atoms with Crippen molar-refractivity contribution < 1.29 is 13.9 Å². The van der Waals surface area contributed by atoms with Gasteiger partial charge in [0.15, 0.2) is 0 Å². The van der Waals surface area contributed by atoms with Gasteiger partial charge in [0.1, 0.15) is 0 Å². The largest absolute Gasteiger partial charge is 0.462 e. The second-order valence-electron chi connectivity index (χ2n) is 3.29. The first kappa shape index (κ1) is 10.5. The topological polar surface area (TPSA) is 65.2 Å². The van der Waals surface area contributed by atoms with Crippen molar-refractivity contribution in [3.8, 4) is 0 Å². The molecule has 1 atom stereocenters. The van der Waals surface area contributed by atoms with E-state index in [2.05, 4.69) is 14.9 Å². The molecule has 2 heterocycles. The van der Waals surface area contributed by atoms with Gasteiger partial charge < -0.3 is 9.15 Å². The van der Waals surface area contributed by atoms with Crippen LogP contribution in [-0.2, 0) is 4.74 Å². The van der Waals surface area contributed by atoms with Crippen LogP contribution in [0.3, 0.4) is 0 Å². The summed E-state index contributed by atoms with van der Waals surface area (Å²) in [6.07, 6.45) is 3.44. The lowest BCUT2D eigenvalue weighted by atomic mass is 10.2. The molecule has 82 valence electrons. The minimum atomic E-state index is -0.574. The van der Waals surface area contributed by atoms with Gasteiger partial charge in [0, 0.05) is 0 Å². The lowest BCUT2D eigenvalue weighted by Crippen LogP contribution is -2.02. The first-order valence-electron chi connectivity index (χ1n) is 4.84. The molecule has 2 rings (SSSR count). The zero-order chi connectivity index (χ0) is 10.7. The molecule has 0 amide bonds. The molecule has 1 saturated heterocycles. The van der Waals surface area contributed by atoms with Gasteiger partial charge in [-0.05, 0) is 18.6 Å². The number of carbonyl (C=O) groups is 1. The molecule has 0 aliphatic carbocycles. The van der Waals surface area contributed by atoms with Crippen LogP contribution in [0.4, 0.5) is 0 Å². The molecular weight excluding hydrogens is 216 g/mol. The summed E-state index contributed by atoms with van der Waals surface area (Å²) in [5.74, 6) is 1.02. The fraction of sp³-hybridized carbons (Fsp3) is 0.667. The van der Waals surface area contributed by atoms with E-state index in [9.17, 15) is 4.79 Å². The Hall–Kier alpha value is -1.04. The number of methoxy groups -OCH3 is 1. The number of thioether (sulfide) groups is 1. The number of nitrogens with zero attached hydrogens (tertiary/aromatic N) is 2. The summed E-state index contributed by atoms with van der Waals surface area (Å²) in [5, 5.41) is 7.77. The maximum absolute atomic E-state index is 11.1. The summed E-state index contributed by atoms with van der Waals surface area (Å²) < 4.78 is 9.75. The van der Waals surface area contributed by atoms with Crippen molar-refractivity contribution in [2.24, 2.45) is 0 Å². The molecule has 0 saturated carbocycles. The van der Waals surface area contributed by atoms with Crippen LogP contribution in [0.25, 0.3) is 0 Å². The summed E-state index contributed by atoms with van der Waals surface area (Å²) in [7, 11) is 1.29. The van der Waals surface area contributed by atoms with Crippen LogP contribution in [0.1, 0.15) is 41.1 Å². The average Bonchev–Trinajstić information content (AvgIpc) is 2.78. The monoisotopic (exact) mass is 228 g/mol. The Balaban J connectivity index is 2.08. The third-order valence-electron chi connectivity index (χ3n) is 2.26. The summed E-state index contributed by atoms with van der Waals surface area (Å²) in [6.45, 7) is 0. The molecule has 1 aliphatic rings. The molecule has 0 bridgehead atoms. The molecule has 0 radical (unpaired) electrons. The van der Waals surface area contributed by atoms with Gasteiger partial charge >= 0.3 is 11.9 Å². The fourth-order valence-electron chi connectivity index (χ4n) is 1.47. The summed E-state index contributed by atoms with van der Waals surface area (Å²) >= 11 is 1.80. The third-order valence-corrected chi connectivity index (χ3v) is 3.62. The molecule has 0 N–H and O–H groups in total. The molecular formula is C9H12N2O3S. The molecule has 1 aromatic rings. The number of esters is 1. The van der Waals surface area contributed by atoms with Crippen molar-refractivity contribution in [1.29, 1.82) is 0 Å². The van der Waals surface area contributed by atoms with E-state index in [-0.39, 0.29) is 11.1 Å². The number of ether oxygens (including phenoxy) is 1. The minimum Gasteiger partial charge on any atom is -0.462 e. The van der Waals surface area contributed by atoms with Crippen molar-refractivity contribution in [3.05, 3.63) is 11.8 Å². The second-order valence-corrected chi connectivity index (χ2v) is 4.60. The van der Waals surface area contributed by atoms with Crippen LogP contribution in [0, 0.1) is 0 Å². The van der Waals surface area contributed by atoms with Crippen LogP contribution in [-0.4, -0.2) is 29.0 Å². The lowest BCUT2D eigenvalue weighted by Gasteiger charge is -2.16. The summed E-state index contributed by atoms with van der Waals surface area (Å²) in [5.41, 5.74) is 0. The molecule has 1 aromatic heterocycles. The van der Waals surface area contributed by atoms with E-state index in [1.807, 2.05) is 0 Å². The highest BCUT2D eigenvalue weighted by Crippen LogP contribution is 2.37. The van der Waals surface area contributed by atoms with Gasteiger partial charge in [0.2, 0.25) is 5.89 Å². The Morgan fingerprint density at radius 2 is 2.40 bits per heavy atom. The summed E-state index contributed by atoms with van der Waals surface area (Å²) in [4.78, 5) is 11.1. The van der Waals surface area contributed by atoms with E-state index in [1.54, 1.807) is 11.8 Å². The highest BCUT2D eigenvalue weighted by Gasteiger charge is 2.24. The van der Waals surface area contributed by atoms with Gasteiger partial charge in [-0.3, -0.25) is 0 Å². The first-order chi connectivity index (χ1) is 7.31. The number of hydrogen-bond acceptors (Lipinski definition) is 6. The number of carbonyl (C=O) groups excluding carboxylic acids is 1. The number of aromatic nitrogens is 2. The van der Waals surface area contributed by atoms with E-state index >= 15 is 0 Å². The van der Waals surface area contributed by atoms with Crippen molar-refractivity contribution in [3.63, 3.8) is 0 Å². The Kier molecular flexibility index (Phi) is 3.25. The van der Waals surface area contributed by atoms with Gasteiger partial charge in [-0.15, -0.1) is 22.0 Å². The Bertz CT molecular complexity index is 347. The van der Waals surface area contributed by atoms with Crippen molar-refractivity contribution in [1.82, 2.24) is 10.2 Å². The van der Waals surface area contributed by atoms with Gasteiger partial charge in [0.25, 0.3) is 0 Å². The van der Waals surface area contributed by atoms with Gasteiger partial charge in [-0.25, -0.2) is 4.79 Å². The molecule has 6 heteroatoms. The van der Waals surface area contributed by atoms with Crippen LogP contribution < -0.4 is 0 Å². The average molecular weight is 228 g/mol. The zero-order valence-corrected chi connectivity index (χ0v) is 9.25. The zero-order valence-electron chi connectivity index (χ0n) is 8.43. The second kappa shape index (κ2) is 4.65. The normalized spacial score (nSPS) is 21.3. The minimum absolute atomic E-state index is 0.0568. The van der Waals surface area contributed by atoms with Crippen LogP contribution in [0.15, 0.2) is 4.42 Å². The van der Waals surface area contributed by atoms with Crippen LogP contribution in [0.2, 0.25) is 0 Å². The lowest BCUT2D eigenvalue weighted by molar-refractivity contribution is 0.0553. The molecule has 15 heavy (non-hydrogen) atoms. The van der Waals surface area contributed by atoms with Gasteiger partial charge in [0.05, 0.1) is 12.4 Å².